The Morgan fingerprint density at radius 3 is 2.65 bits per heavy atom. The lowest BCUT2D eigenvalue weighted by molar-refractivity contribution is 0.221. The molecule has 0 radical (unpaired) electrons. The maximum Gasteiger partial charge on any atom is 0.237 e. The molecular weight excluding hydrogens is 250 g/mol. The second-order valence-corrected chi connectivity index (χ2v) is 4.83. The lowest BCUT2D eigenvalue weighted by Crippen LogP contribution is -2.29. The first kappa shape index (κ1) is 14.0. The minimum Gasteiger partial charge on any atom is -0.299 e. The van der Waals surface area contributed by atoms with Gasteiger partial charge in [-0.2, -0.15) is 15.6 Å². The van der Waals surface area contributed by atoms with E-state index in [-0.39, 0.29) is 5.71 Å². The number of hydrogen-bond donors (Lipinski definition) is 1. The van der Waals surface area contributed by atoms with Crippen molar-refractivity contribution in [3.8, 4) is 12.1 Å². The van der Waals surface area contributed by atoms with Crippen LogP contribution in [0.5, 0.6) is 0 Å². The van der Waals surface area contributed by atoms with Crippen LogP contribution in [0.25, 0.3) is 0 Å². The summed E-state index contributed by atoms with van der Waals surface area (Å²) in [6.45, 7) is 3.24. The van der Waals surface area contributed by atoms with Gasteiger partial charge >= 0.3 is 0 Å². The number of hydrazone groups is 1. The first-order valence-electron chi connectivity index (χ1n) is 6.77. The van der Waals surface area contributed by atoms with Gasteiger partial charge in [-0.3, -0.25) is 10.3 Å². The maximum absolute atomic E-state index is 8.63. The van der Waals surface area contributed by atoms with Crippen molar-refractivity contribution in [1.82, 2.24) is 4.90 Å². The smallest absolute Gasteiger partial charge is 0.237 e. The molecule has 5 heteroatoms. The number of nitriles is 2. The Balaban J connectivity index is 1.99. The first-order valence-corrected chi connectivity index (χ1v) is 6.77. The second-order valence-electron chi connectivity index (χ2n) is 4.83. The van der Waals surface area contributed by atoms with Crippen molar-refractivity contribution in [2.75, 3.05) is 18.5 Å². The lowest BCUT2D eigenvalue weighted by Gasteiger charge is -2.26. The van der Waals surface area contributed by atoms with Crippen molar-refractivity contribution in [3.63, 3.8) is 0 Å². The largest absolute Gasteiger partial charge is 0.299 e. The Hall–Kier alpha value is -2.37. The molecule has 0 amide bonds. The zero-order valence-electron chi connectivity index (χ0n) is 11.3. The number of nitrogens with one attached hydrogen (secondary N) is 1. The second kappa shape index (κ2) is 7.28. The summed E-state index contributed by atoms with van der Waals surface area (Å²) < 4.78 is 0. The fraction of sp³-hybridized carbons (Fsp3) is 0.400. The fourth-order valence-corrected chi connectivity index (χ4v) is 2.31. The van der Waals surface area contributed by atoms with Gasteiger partial charge in [0.1, 0.15) is 12.1 Å². The van der Waals surface area contributed by atoms with Gasteiger partial charge in [0.2, 0.25) is 5.71 Å². The molecule has 1 saturated heterocycles. The van der Waals surface area contributed by atoms with Crippen molar-refractivity contribution < 1.29 is 0 Å². The third-order valence-electron chi connectivity index (χ3n) is 3.29. The van der Waals surface area contributed by atoms with E-state index in [9.17, 15) is 0 Å². The summed E-state index contributed by atoms with van der Waals surface area (Å²) in [5.41, 5.74) is 4.58. The minimum absolute atomic E-state index is 0.175. The van der Waals surface area contributed by atoms with Crippen LogP contribution in [-0.4, -0.2) is 23.7 Å². The topological polar surface area (TPSA) is 75.2 Å². The van der Waals surface area contributed by atoms with Crippen LogP contribution < -0.4 is 5.43 Å². The monoisotopic (exact) mass is 267 g/mol. The molecule has 20 heavy (non-hydrogen) atoms. The van der Waals surface area contributed by atoms with Gasteiger partial charge in [-0.05, 0) is 43.6 Å². The fourth-order valence-electron chi connectivity index (χ4n) is 2.31. The van der Waals surface area contributed by atoms with Crippen molar-refractivity contribution >= 4 is 11.4 Å². The minimum atomic E-state index is -0.175. The van der Waals surface area contributed by atoms with E-state index in [2.05, 4.69) is 21.5 Å². The molecule has 1 aliphatic heterocycles. The summed E-state index contributed by atoms with van der Waals surface area (Å²) in [7, 11) is 0. The maximum atomic E-state index is 8.63. The summed E-state index contributed by atoms with van der Waals surface area (Å²) in [6.07, 6.45) is 3.88. The van der Waals surface area contributed by atoms with Gasteiger partial charge in [0.05, 0.1) is 5.69 Å². The number of likely N-dealkylation sites (tertiary alicyclic amines) is 1. The van der Waals surface area contributed by atoms with Gasteiger partial charge in [0.25, 0.3) is 0 Å². The molecule has 1 N–H and O–H groups in total. The predicted octanol–water partition coefficient (Wildman–Crippen LogP) is 2.49. The molecule has 1 aliphatic rings. The molecule has 0 aliphatic carbocycles. The van der Waals surface area contributed by atoms with E-state index in [4.69, 9.17) is 10.5 Å². The number of nitrogens with zero attached hydrogens (tertiary/aromatic N) is 4. The van der Waals surface area contributed by atoms with Crippen LogP contribution in [0.3, 0.4) is 0 Å². The molecule has 0 bridgehead atoms. The number of anilines is 1. The van der Waals surface area contributed by atoms with Crippen LogP contribution in [-0.2, 0) is 6.54 Å². The van der Waals surface area contributed by atoms with E-state index < -0.39 is 0 Å². The van der Waals surface area contributed by atoms with Crippen molar-refractivity contribution in [1.29, 1.82) is 10.5 Å². The molecule has 102 valence electrons. The number of piperidine rings is 1. The quantitative estimate of drug-likeness (QED) is 0.671. The molecule has 5 nitrogen and oxygen atoms in total. The van der Waals surface area contributed by atoms with Crippen LogP contribution in [0.2, 0.25) is 0 Å². The zero-order valence-corrected chi connectivity index (χ0v) is 11.3. The summed E-state index contributed by atoms with van der Waals surface area (Å²) >= 11 is 0. The van der Waals surface area contributed by atoms with Crippen LogP contribution in [0.1, 0.15) is 24.8 Å². The summed E-state index contributed by atoms with van der Waals surface area (Å²) in [4.78, 5) is 2.45. The summed E-state index contributed by atoms with van der Waals surface area (Å²) in [5.74, 6) is 0. The average Bonchev–Trinajstić information content (AvgIpc) is 2.50. The van der Waals surface area contributed by atoms with Crippen LogP contribution in [0, 0.1) is 22.7 Å². The Kier molecular flexibility index (Phi) is 5.11. The van der Waals surface area contributed by atoms with E-state index in [1.165, 1.54) is 24.8 Å². The van der Waals surface area contributed by atoms with E-state index in [1.54, 1.807) is 12.1 Å². The van der Waals surface area contributed by atoms with Crippen molar-refractivity contribution in [2.24, 2.45) is 5.10 Å². The molecule has 1 aromatic carbocycles. The highest BCUT2D eigenvalue weighted by Gasteiger charge is 2.10. The first-order chi connectivity index (χ1) is 9.81. The standard InChI is InChI=1S/C15H17N5/c16-10-15(11-17)19-18-14-6-4-5-13(9-14)12-20-7-2-1-3-8-20/h4-6,9,18H,1-3,7-8,12H2. The zero-order chi connectivity index (χ0) is 14.2. The Labute approximate surface area is 119 Å². The van der Waals surface area contributed by atoms with E-state index in [0.717, 1.165) is 25.3 Å². The molecule has 2 rings (SSSR count). The predicted molar refractivity (Wildman–Crippen MR) is 77.9 cm³/mol. The molecule has 0 saturated carbocycles. The molecule has 0 aromatic heterocycles. The number of rotatable bonds is 4. The highest BCUT2D eigenvalue weighted by Crippen LogP contribution is 2.16. The van der Waals surface area contributed by atoms with Gasteiger partial charge in [-0.25, -0.2) is 0 Å². The molecule has 0 spiro atoms. The van der Waals surface area contributed by atoms with E-state index >= 15 is 0 Å². The highest BCUT2D eigenvalue weighted by molar-refractivity contribution is 6.10. The molecule has 1 aromatic rings. The van der Waals surface area contributed by atoms with Gasteiger partial charge in [0.15, 0.2) is 0 Å². The number of hydrogen-bond acceptors (Lipinski definition) is 5. The van der Waals surface area contributed by atoms with E-state index in [1.807, 2.05) is 18.2 Å². The van der Waals surface area contributed by atoms with Gasteiger partial charge in [-0.15, -0.1) is 0 Å². The third-order valence-corrected chi connectivity index (χ3v) is 3.29. The Bertz CT molecular complexity index is 542. The van der Waals surface area contributed by atoms with Crippen LogP contribution in [0.4, 0.5) is 5.69 Å². The molecular formula is C15H17N5. The van der Waals surface area contributed by atoms with Gasteiger partial charge in [0, 0.05) is 6.54 Å². The summed E-state index contributed by atoms with van der Waals surface area (Å²) in [5, 5.41) is 21.0. The Morgan fingerprint density at radius 1 is 1.20 bits per heavy atom. The van der Waals surface area contributed by atoms with Crippen LogP contribution >= 0.6 is 0 Å². The molecule has 0 unspecified atom stereocenters. The van der Waals surface area contributed by atoms with Gasteiger partial charge in [-0.1, -0.05) is 18.6 Å². The molecule has 1 heterocycles. The van der Waals surface area contributed by atoms with E-state index in [0.29, 0.717) is 0 Å². The SMILES string of the molecule is N#CC(C#N)=NNc1cccc(CN2CCCCC2)c1. The average molecular weight is 267 g/mol. The molecule has 1 fully saturated rings. The van der Waals surface area contributed by atoms with Crippen molar-refractivity contribution in [3.05, 3.63) is 29.8 Å². The summed E-state index contributed by atoms with van der Waals surface area (Å²) in [6, 6.07) is 11.4. The molecule has 0 atom stereocenters. The third kappa shape index (κ3) is 4.08. The van der Waals surface area contributed by atoms with Crippen LogP contribution in [0.15, 0.2) is 29.4 Å². The van der Waals surface area contributed by atoms with Gasteiger partial charge < -0.3 is 0 Å². The Morgan fingerprint density at radius 2 is 1.95 bits per heavy atom. The number of benzene rings is 1. The normalized spacial score (nSPS) is 14.9. The van der Waals surface area contributed by atoms with Crippen molar-refractivity contribution in [2.45, 2.75) is 25.8 Å². The lowest BCUT2D eigenvalue weighted by atomic mass is 10.1. The highest BCUT2D eigenvalue weighted by atomic mass is 15.3.